The van der Waals surface area contributed by atoms with E-state index in [1.165, 1.54) is 12.1 Å². The largest absolute Gasteiger partial charge is 0.586 e. The first-order valence-electron chi connectivity index (χ1n) is 15.7. The quantitative estimate of drug-likeness (QED) is 0.168. The van der Waals surface area contributed by atoms with Crippen LogP contribution in [0.4, 0.5) is 14.6 Å². The van der Waals surface area contributed by atoms with E-state index in [1.54, 1.807) is 30.3 Å². The third-order valence-corrected chi connectivity index (χ3v) is 7.65. The molecule has 5 rings (SSSR count). The van der Waals surface area contributed by atoms with E-state index in [0.717, 1.165) is 5.56 Å². The van der Waals surface area contributed by atoms with Crippen molar-refractivity contribution < 1.29 is 46.8 Å². The molecule has 0 spiro atoms. The zero-order valence-electron chi connectivity index (χ0n) is 27.3. The van der Waals surface area contributed by atoms with E-state index in [0.29, 0.717) is 54.3 Å². The number of nitrogens with zero attached hydrogens (tertiary/aromatic N) is 1. The highest BCUT2D eigenvalue weighted by molar-refractivity contribution is 6.01. The van der Waals surface area contributed by atoms with Crippen LogP contribution < -0.4 is 20.1 Å². The molecule has 256 valence electrons. The Balaban J connectivity index is 1.11. The Hall–Kier alpha value is -4.62. The minimum atomic E-state index is -3.74. The first-order valence-corrected chi connectivity index (χ1v) is 15.7. The molecule has 0 atom stereocenters. The average molecular weight is 668 g/mol. The van der Waals surface area contributed by atoms with Crippen LogP contribution in [0.2, 0.25) is 0 Å². The van der Waals surface area contributed by atoms with Crippen molar-refractivity contribution in [3.05, 3.63) is 71.3 Å². The fourth-order valence-electron chi connectivity index (χ4n) is 5.16. The Bertz CT molecular complexity index is 1670. The molecule has 0 unspecified atom stereocenters. The van der Waals surface area contributed by atoms with Crippen LogP contribution in [0.15, 0.2) is 54.6 Å². The number of nitrogens with one attached hydrogen (secondary N) is 2. The molecule has 0 radical (unpaired) electrons. The van der Waals surface area contributed by atoms with Crippen molar-refractivity contribution in [2.75, 3.05) is 38.3 Å². The van der Waals surface area contributed by atoms with Gasteiger partial charge in [-0.2, -0.15) is 0 Å². The molecular formula is C35H39F2N3O8. The second-order valence-corrected chi connectivity index (χ2v) is 12.6. The molecule has 1 aromatic heterocycles. The summed E-state index contributed by atoms with van der Waals surface area (Å²) in [6, 6.07) is 14.9. The molecule has 1 fully saturated rings. The van der Waals surface area contributed by atoms with Crippen LogP contribution >= 0.6 is 0 Å². The second kappa shape index (κ2) is 14.2. The number of hydrogen-bond donors (Lipinski definition) is 2. The molecule has 2 N–H and O–H groups in total. The maximum atomic E-state index is 13.5. The average Bonchev–Trinajstić information content (AvgIpc) is 3.77. The van der Waals surface area contributed by atoms with Crippen LogP contribution in [0.5, 0.6) is 11.5 Å². The van der Waals surface area contributed by atoms with Gasteiger partial charge < -0.3 is 34.3 Å². The summed E-state index contributed by atoms with van der Waals surface area (Å²) in [6.45, 7) is 8.73. The molecule has 0 bridgehead atoms. The van der Waals surface area contributed by atoms with E-state index in [4.69, 9.17) is 14.2 Å². The standard InChI is InChI=1S/C35H39F2N3O8/c1-22-8-11-28(40-32(43)34(13-14-34)25-9-10-26-27(21-25)47-35(36,37)46-26)39-30(22)23-6-5-7-24(20-23)31(42)38-15-17-45-19-18-44-16-12-29(41)48-33(2,3)4/h5-11,20-21H,12-19H2,1-4H3,(H,38,42)(H,39,40,43). The number of alkyl halides is 2. The van der Waals surface area contributed by atoms with Crippen molar-refractivity contribution in [3.63, 3.8) is 0 Å². The molecule has 48 heavy (non-hydrogen) atoms. The van der Waals surface area contributed by atoms with Gasteiger partial charge in [0.2, 0.25) is 5.91 Å². The highest BCUT2D eigenvalue weighted by Crippen LogP contribution is 2.52. The fraction of sp³-hybridized carbons (Fsp3) is 0.429. The SMILES string of the molecule is Cc1ccc(NC(=O)C2(c3ccc4c(c3)OC(F)(F)O4)CC2)nc1-c1cccc(C(=O)NCCOCCOCCC(=O)OC(C)(C)C)c1. The molecule has 2 aliphatic rings. The molecule has 11 nitrogen and oxygen atoms in total. The van der Waals surface area contributed by atoms with E-state index in [2.05, 4.69) is 25.1 Å². The molecular weight excluding hydrogens is 628 g/mol. The van der Waals surface area contributed by atoms with Gasteiger partial charge >= 0.3 is 12.3 Å². The molecule has 1 aliphatic carbocycles. The number of pyridine rings is 1. The summed E-state index contributed by atoms with van der Waals surface area (Å²) >= 11 is 0. The van der Waals surface area contributed by atoms with Crippen LogP contribution in [0, 0.1) is 6.92 Å². The number of esters is 1. The van der Waals surface area contributed by atoms with Gasteiger partial charge in [-0.05, 0) is 82.0 Å². The first-order chi connectivity index (χ1) is 22.7. The summed E-state index contributed by atoms with van der Waals surface area (Å²) in [5.41, 5.74) is 1.68. The summed E-state index contributed by atoms with van der Waals surface area (Å²) in [5, 5.41) is 5.70. The minimum Gasteiger partial charge on any atom is -0.460 e. The maximum Gasteiger partial charge on any atom is 0.586 e. The summed E-state index contributed by atoms with van der Waals surface area (Å²) in [4.78, 5) is 42.6. The predicted molar refractivity (Wildman–Crippen MR) is 171 cm³/mol. The number of halogens is 2. The minimum absolute atomic E-state index is 0.0793. The number of ether oxygens (including phenoxy) is 5. The fourth-order valence-corrected chi connectivity index (χ4v) is 5.16. The molecule has 1 aliphatic heterocycles. The number of fused-ring (bicyclic) bond motifs is 1. The van der Waals surface area contributed by atoms with Crippen LogP contribution in [0.3, 0.4) is 0 Å². The Morgan fingerprint density at radius 1 is 0.917 bits per heavy atom. The molecule has 3 aromatic rings. The van der Waals surface area contributed by atoms with Crippen molar-refractivity contribution in [2.45, 2.75) is 64.3 Å². The molecule has 13 heteroatoms. The second-order valence-electron chi connectivity index (χ2n) is 12.6. The van der Waals surface area contributed by atoms with Gasteiger partial charge in [0.05, 0.1) is 44.0 Å². The number of amides is 2. The van der Waals surface area contributed by atoms with Gasteiger partial charge in [0, 0.05) is 17.7 Å². The van der Waals surface area contributed by atoms with Crippen molar-refractivity contribution in [1.82, 2.24) is 10.3 Å². The smallest absolute Gasteiger partial charge is 0.460 e. The lowest BCUT2D eigenvalue weighted by atomic mass is 9.94. The van der Waals surface area contributed by atoms with Crippen molar-refractivity contribution in [2.24, 2.45) is 0 Å². The summed E-state index contributed by atoms with van der Waals surface area (Å²) in [5.74, 6) is -0.779. The van der Waals surface area contributed by atoms with Gasteiger partial charge in [-0.25, -0.2) is 4.98 Å². The normalized spacial score (nSPS) is 15.5. The van der Waals surface area contributed by atoms with Crippen molar-refractivity contribution in [1.29, 1.82) is 0 Å². The van der Waals surface area contributed by atoms with Gasteiger partial charge in [-0.1, -0.05) is 24.3 Å². The molecule has 2 aromatic carbocycles. The predicted octanol–water partition coefficient (Wildman–Crippen LogP) is 5.54. The van der Waals surface area contributed by atoms with E-state index in [1.807, 2.05) is 39.8 Å². The molecule has 1 saturated carbocycles. The molecule has 0 saturated heterocycles. The summed E-state index contributed by atoms with van der Waals surface area (Å²) < 4.78 is 52.2. The highest BCUT2D eigenvalue weighted by Gasteiger charge is 2.53. The van der Waals surface area contributed by atoms with Crippen molar-refractivity contribution in [3.8, 4) is 22.8 Å². The van der Waals surface area contributed by atoms with Crippen LogP contribution in [-0.4, -0.2) is 67.6 Å². The Labute approximate surface area is 277 Å². The number of anilines is 1. The summed E-state index contributed by atoms with van der Waals surface area (Å²) in [7, 11) is 0. The lowest BCUT2D eigenvalue weighted by Crippen LogP contribution is -2.28. The first kappa shape index (κ1) is 34.7. The van der Waals surface area contributed by atoms with Gasteiger partial charge in [-0.3, -0.25) is 14.4 Å². The Morgan fingerprint density at radius 3 is 2.38 bits per heavy atom. The van der Waals surface area contributed by atoms with E-state index >= 15 is 0 Å². The third-order valence-electron chi connectivity index (χ3n) is 7.65. The lowest BCUT2D eigenvalue weighted by Gasteiger charge is -2.19. The zero-order chi connectivity index (χ0) is 34.5. The van der Waals surface area contributed by atoms with Gasteiger partial charge in [0.1, 0.15) is 11.4 Å². The van der Waals surface area contributed by atoms with Crippen LogP contribution in [0.1, 0.15) is 61.5 Å². The number of carbonyl (C=O) groups is 3. The van der Waals surface area contributed by atoms with Gasteiger partial charge in [-0.15, -0.1) is 8.78 Å². The van der Waals surface area contributed by atoms with Crippen LogP contribution in [0.25, 0.3) is 11.3 Å². The number of hydrogen-bond acceptors (Lipinski definition) is 9. The van der Waals surface area contributed by atoms with Gasteiger partial charge in [0.15, 0.2) is 11.5 Å². The number of carbonyl (C=O) groups excluding carboxylic acids is 3. The van der Waals surface area contributed by atoms with Crippen LogP contribution in [-0.2, 0) is 29.2 Å². The van der Waals surface area contributed by atoms with E-state index < -0.39 is 17.3 Å². The maximum absolute atomic E-state index is 13.5. The molecule has 2 heterocycles. The number of aryl methyl sites for hydroxylation is 1. The Morgan fingerprint density at radius 2 is 1.65 bits per heavy atom. The third kappa shape index (κ3) is 8.84. The van der Waals surface area contributed by atoms with E-state index in [9.17, 15) is 23.2 Å². The van der Waals surface area contributed by atoms with Crippen molar-refractivity contribution >= 4 is 23.6 Å². The number of aromatic nitrogens is 1. The Kier molecular flexibility index (Phi) is 10.3. The number of benzene rings is 2. The monoisotopic (exact) mass is 667 g/mol. The van der Waals surface area contributed by atoms with Gasteiger partial charge in [0.25, 0.3) is 5.91 Å². The number of rotatable bonds is 14. The lowest BCUT2D eigenvalue weighted by molar-refractivity contribution is -0.286. The topological polar surface area (TPSA) is 134 Å². The zero-order valence-corrected chi connectivity index (χ0v) is 27.3. The summed E-state index contributed by atoms with van der Waals surface area (Å²) in [6.07, 6.45) is -2.49. The molecule has 2 amide bonds. The highest BCUT2D eigenvalue weighted by atomic mass is 19.3. The van der Waals surface area contributed by atoms with E-state index in [-0.39, 0.29) is 55.5 Å².